The summed E-state index contributed by atoms with van der Waals surface area (Å²) in [5.41, 5.74) is -0.489. The van der Waals surface area contributed by atoms with Crippen molar-refractivity contribution < 1.29 is 46.5 Å². The van der Waals surface area contributed by atoms with Crippen LogP contribution in [0, 0.1) is 0 Å². The number of halogens is 3. The number of methoxy groups -OCH3 is 1. The summed E-state index contributed by atoms with van der Waals surface area (Å²) in [4.78, 5) is 19.5. The van der Waals surface area contributed by atoms with Crippen molar-refractivity contribution >= 4 is 47.5 Å². The molecule has 0 saturated carbocycles. The van der Waals surface area contributed by atoms with E-state index in [1.165, 1.54) is 37.1 Å². The summed E-state index contributed by atoms with van der Waals surface area (Å²) in [5, 5.41) is 25.6. The Morgan fingerprint density at radius 3 is 2.37 bits per heavy atom. The second kappa shape index (κ2) is 12.5. The Hall–Kier alpha value is -4.33. The van der Waals surface area contributed by atoms with Crippen LogP contribution >= 0.6 is 7.60 Å². The van der Waals surface area contributed by atoms with Gasteiger partial charge in [-0.2, -0.15) is 18.2 Å². The lowest BCUT2D eigenvalue weighted by Gasteiger charge is -2.18. The van der Waals surface area contributed by atoms with Gasteiger partial charge >= 0.3 is 19.7 Å². The number of nitrogens with zero attached hydrogens (tertiary/aromatic N) is 3. The van der Waals surface area contributed by atoms with Crippen molar-refractivity contribution in [2.45, 2.75) is 26.2 Å². The second-order valence-corrected chi connectivity index (χ2v) is 11.2. The van der Waals surface area contributed by atoms with Gasteiger partial charge in [0.2, 0.25) is 11.8 Å². The average Bonchev–Trinajstić information content (AvgIpc) is 3.23. The van der Waals surface area contributed by atoms with Crippen molar-refractivity contribution in [3.8, 4) is 11.6 Å². The van der Waals surface area contributed by atoms with Crippen LogP contribution in [0.5, 0.6) is 11.6 Å². The zero-order valence-electron chi connectivity index (χ0n) is 23.5. The highest BCUT2D eigenvalue weighted by atomic mass is 31.2. The lowest BCUT2D eigenvalue weighted by molar-refractivity contribution is -0.137. The molecular formula is C27H29F3N5O7P. The van der Waals surface area contributed by atoms with E-state index < -0.39 is 31.1 Å². The molecule has 0 amide bonds. The molecule has 2 aromatic heterocycles. The smallest absolute Gasteiger partial charge is 0.421 e. The molecule has 0 bridgehead atoms. The van der Waals surface area contributed by atoms with Gasteiger partial charge in [-0.1, -0.05) is 6.07 Å². The highest BCUT2D eigenvalue weighted by molar-refractivity contribution is 7.53. The summed E-state index contributed by atoms with van der Waals surface area (Å²) in [6, 6.07) is 7.21. The molecule has 0 aliphatic carbocycles. The van der Waals surface area contributed by atoms with Gasteiger partial charge in [-0.3, -0.25) is 4.57 Å². The summed E-state index contributed by atoms with van der Waals surface area (Å²) >= 11 is 0. The number of benzene rings is 2. The predicted octanol–water partition coefficient (Wildman–Crippen LogP) is 6.65. The zero-order valence-corrected chi connectivity index (χ0v) is 24.4. The van der Waals surface area contributed by atoms with Gasteiger partial charge in [0, 0.05) is 24.8 Å². The van der Waals surface area contributed by atoms with Crippen molar-refractivity contribution in [1.29, 1.82) is 0 Å². The second-order valence-electron chi connectivity index (χ2n) is 9.16. The quantitative estimate of drug-likeness (QED) is 0.125. The molecule has 43 heavy (non-hydrogen) atoms. The van der Waals surface area contributed by atoms with Crippen LogP contribution in [0.15, 0.2) is 42.7 Å². The summed E-state index contributed by atoms with van der Waals surface area (Å²) in [6.07, 6.45) is -2.94. The van der Waals surface area contributed by atoms with Crippen LogP contribution in [0.3, 0.4) is 0 Å². The van der Waals surface area contributed by atoms with Gasteiger partial charge in [-0.05, 0) is 43.7 Å². The normalized spacial score (nSPS) is 12.0. The standard InChI is InChI=1S/C27H29F3N5O7P/c1-5-41-43(39,42-6-2)14-15-7-9-19(21(11-15)40-4)33-26-31-12-18(27(28,29)30)23(34-26)32-20-10-8-16(25(37)38)17-13-35(3)24(36)22(17)20/h7-13,36H,5-6,14H2,1-4H3,(H,37,38)(H2,31,32,33,34). The molecule has 4 rings (SSSR count). The molecule has 4 N–H and O–H groups in total. The lowest BCUT2D eigenvalue weighted by Crippen LogP contribution is -2.13. The number of alkyl halides is 3. The minimum atomic E-state index is -4.85. The number of ether oxygens (including phenoxy) is 1. The highest BCUT2D eigenvalue weighted by Crippen LogP contribution is 2.51. The van der Waals surface area contributed by atoms with Crippen LogP contribution in [0.2, 0.25) is 0 Å². The molecule has 0 aliphatic rings. The van der Waals surface area contributed by atoms with Crippen molar-refractivity contribution in [3.05, 3.63) is 59.4 Å². The first-order valence-electron chi connectivity index (χ1n) is 12.9. The summed E-state index contributed by atoms with van der Waals surface area (Å²) in [7, 11) is -0.566. The Bertz CT molecular complexity index is 1700. The van der Waals surface area contributed by atoms with E-state index in [0.29, 0.717) is 17.4 Å². The minimum Gasteiger partial charge on any atom is -0.495 e. The number of hydrogen-bond acceptors (Lipinski definition) is 10. The van der Waals surface area contributed by atoms with Crippen LogP contribution < -0.4 is 15.4 Å². The molecule has 0 fully saturated rings. The van der Waals surface area contributed by atoms with E-state index in [1.807, 2.05) is 0 Å². The van der Waals surface area contributed by atoms with E-state index in [1.54, 1.807) is 32.0 Å². The van der Waals surface area contributed by atoms with Gasteiger partial charge < -0.3 is 39.2 Å². The van der Waals surface area contributed by atoms with Crippen molar-refractivity contribution in [3.63, 3.8) is 0 Å². The third-order valence-electron chi connectivity index (χ3n) is 6.24. The fourth-order valence-corrected chi connectivity index (χ4v) is 6.08. The molecule has 0 aliphatic heterocycles. The number of aryl methyl sites for hydroxylation is 1. The van der Waals surface area contributed by atoms with Gasteiger partial charge in [0.25, 0.3) is 0 Å². The largest absolute Gasteiger partial charge is 0.495 e. The van der Waals surface area contributed by atoms with E-state index in [0.717, 1.165) is 0 Å². The molecule has 0 atom stereocenters. The van der Waals surface area contributed by atoms with Crippen LogP contribution in [-0.2, 0) is 33.0 Å². The molecule has 0 spiro atoms. The van der Waals surface area contributed by atoms with E-state index >= 15 is 0 Å². The van der Waals surface area contributed by atoms with Gasteiger partial charge in [0.1, 0.15) is 17.1 Å². The van der Waals surface area contributed by atoms with Gasteiger partial charge in [0.05, 0.1) is 48.8 Å². The molecule has 16 heteroatoms. The van der Waals surface area contributed by atoms with Crippen LogP contribution in [0.25, 0.3) is 10.8 Å². The Labute approximate surface area is 244 Å². The molecule has 12 nitrogen and oxygen atoms in total. The monoisotopic (exact) mass is 623 g/mol. The predicted molar refractivity (Wildman–Crippen MR) is 153 cm³/mol. The van der Waals surface area contributed by atoms with Gasteiger partial charge in [0.15, 0.2) is 0 Å². The topological polar surface area (TPSA) is 157 Å². The Kier molecular flexibility index (Phi) is 9.18. The number of nitrogens with one attached hydrogen (secondary N) is 2. The number of carboxylic acid groups (broad SMARTS) is 1. The molecule has 2 aromatic carbocycles. The highest BCUT2D eigenvalue weighted by Gasteiger charge is 2.36. The molecule has 4 aromatic rings. The van der Waals surface area contributed by atoms with Gasteiger partial charge in [-0.25, -0.2) is 9.78 Å². The molecule has 0 unspecified atom stereocenters. The molecule has 2 heterocycles. The number of aromatic carboxylic acids is 1. The first-order valence-corrected chi connectivity index (χ1v) is 14.6. The number of anilines is 4. The van der Waals surface area contributed by atoms with E-state index in [4.69, 9.17) is 13.8 Å². The first-order chi connectivity index (χ1) is 20.3. The van der Waals surface area contributed by atoms with Crippen LogP contribution in [-0.4, -0.2) is 51.0 Å². The zero-order chi connectivity index (χ0) is 31.5. The van der Waals surface area contributed by atoms with Gasteiger partial charge in [-0.15, -0.1) is 0 Å². The number of carboxylic acids is 1. The third-order valence-corrected chi connectivity index (χ3v) is 8.30. The average molecular weight is 624 g/mol. The number of aromatic hydroxyl groups is 1. The van der Waals surface area contributed by atoms with Crippen molar-refractivity contribution in [2.75, 3.05) is 31.0 Å². The van der Waals surface area contributed by atoms with Crippen molar-refractivity contribution in [2.24, 2.45) is 7.05 Å². The SMILES string of the molecule is CCOP(=O)(Cc1ccc(Nc2ncc(C(F)(F)F)c(Nc3ccc(C(=O)O)c4cn(C)c(O)c34)n2)c(OC)c1)OCC. The Morgan fingerprint density at radius 2 is 1.77 bits per heavy atom. The summed E-state index contributed by atoms with van der Waals surface area (Å²) in [5.74, 6) is -2.25. The Balaban J connectivity index is 1.71. The fourth-order valence-electron chi connectivity index (χ4n) is 4.39. The van der Waals surface area contributed by atoms with E-state index in [2.05, 4.69) is 20.6 Å². The number of carbonyl (C=O) groups is 1. The number of aromatic nitrogens is 3. The maximum atomic E-state index is 14.0. The summed E-state index contributed by atoms with van der Waals surface area (Å²) < 4.78 is 72.2. The van der Waals surface area contributed by atoms with E-state index in [9.17, 15) is 32.7 Å². The fraction of sp³-hybridized carbons (Fsp3) is 0.296. The Morgan fingerprint density at radius 1 is 1.09 bits per heavy atom. The number of rotatable bonds is 12. The maximum Gasteiger partial charge on any atom is 0.421 e. The molecular weight excluding hydrogens is 594 g/mol. The maximum absolute atomic E-state index is 14.0. The van der Waals surface area contributed by atoms with Crippen LogP contribution in [0.4, 0.5) is 36.3 Å². The number of fused-ring (bicyclic) bond motifs is 1. The number of hydrogen-bond donors (Lipinski definition) is 4. The first kappa shape index (κ1) is 31.6. The van der Waals surface area contributed by atoms with E-state index in [-0.39, 0.29) is 59.0 Å². The molecule has 230 valence electrons. The molecule has 0 radical (unpaired) electrons. The lowest BCUT2D eigenvalue weighted by atomic mass is 10.1. The van der Waals surface area contributed by atoms with Crippen LogP contribution in [0.1, 0.15) is 35.3 Å². The minimum absolute atomic E-state index is 0.00250. The summed E-state index contributed by atoms with van der Waals surface area (Å²) in [6.45, 7) is 3.77. The third kappa shape index (κ3) is 6.85. The molecule has 0 saturated heterocycles. The van der Waals surface area contributed by atoms with Crippen molar-refractivity contribution in [1.82, 2.24) is 14.5 Å².